The number of ketones is 1. The molecule has 31 heavy (non-hydrogen) atoms. The van der Waals surface area contributed by atoms with Crippen molar-refractivity contribution in [2.24, 2.45) is 11.8 Å². The smallest absolute Gasteiger partial charge is 0.350 e. The quantitative estimate of drug-likeness (QED) is 0.226. The molecule has 12 heteroatoms. The van der Waals surface area contributed by atoms with E-state index in [4.69, 9.17) is 23.7 Å². The van der Waals surface area contributed by atoms with E-state index in [9.17, 15) is 34.2 Å². The molecule has 1 fully saturated rings. The van der Waals surface area contributed by atoms with Crippen molar-refractivity contribution >= 4 is 29.7 Å². The van der Waals surface area contributed by atoms with Gasteiger partial charge in [0.15, 0.2) is 5.78 Å². The molecule has 1 aliphatic rings. The van der Waals surface area contributed by atoms with E-state index in [-0.39, 0.29) is 26.4 Å². The number of rotatable bonds is 10. The van der Waals surface area contributed by atoms with Gasteiger partial charge in [0, 0.05) is 0 Å². The van der Waals surface area contributed by atoms with Crippen molar-refractivity contribution < 1.29 is 57.9 Å². The van der Waals surface area contributed by atoms with Gasteiger partial charge in [0.25, 0.3) is 11.2 Å². The molecule has 0 bridgehead atoms. The van der Waals surface area contributed by atoms with E-state index < -0.39 is 65.9 Å². The predicted octanol–water partition coefficient (Wildman–Crippen LogP) is -1.47. The van der Waals surface area contributed by atoms with E-state index >= 15 is 0 Å². The van der Waals surface area contributed by atoms with Crippen molar-refractivity contribution in [1.29, 1.82) is 0 Å². The molecule has 0 radical (unpaired) electrons. The molecule has 2 atom stereocenters. The molecule has 0 aliphatic carbocycles. The van der Waals surface area contributed by atoms with Gasteiger partial charge in [-0.05, 0) is 27.7 Å². The highest BCUT2D eigenvalue weighted by molar-refractivity contribution is 6.12. The molecule has 1 heterocycles. The average molecular weight is 448 g/mol. The molecule has 1 aliphatic heterocycles. The number of carbonyl (C=O) groups excluding carboxylic acids is 5. The van der Waals surface area contributed by atoms with Gasteiger partial charge in [-0.15, -0.1) is 0 Å². The maximum Gasteiger partial charge on any atom is 0.350 e. The van der Waals surface area contributed by atoms with Crippen LogP contribution in [0.25, 0.3) is 0 Å². The molecule has 1 rings (SSSR count). The Hall–Kier alpha value is -2.57. The lowest BCUT2D eigenvalue weighted by atomic mass is 9.72. The Bertz CT molecular complexity index is 608. The number of ether oxygens (including phenoxy) is 5. The number of carbonyl (C=O) groups is 5. The zero-order chi connectivity index (χ0) is 23.8. The summed E-state index contributed by atoms with van der Waals surface area (Å²) in [4.78, 5) is 62.9. The van der Waals surface area contributed by atoms with Crippen molar-refractivity contribution in [3.8, 4) is 0 Å². The predicted molar refractivity (Wildman–Crippen MR) is 99.2 cm³/mol. The Morgan fingerprint density at radius 1 is 0.742 bits per heavy atom. The maximum atomic E-state index is 13.2. The second-order valence-corrected chi connectivity index (χ2v) is 6.46. The van der Waals surface area contributed by atoms with Gasteiger partial charge in [0.2, 0.25) is 0 Å². The van der Waals surface area contributed by atoms with Crippen LogP contribution in [0.3, 0.4) is 0 Å². The van der Waals surface area contributed by atoms with E-state index in [2.05, 4.69) is 0 Å². The van der Waals surface area contributed by atoms with Gasteiger partial charge >= 0.3 is 23.9 Å². The standard InChI is InChI=1S/C19H28O12/c1-5-28-14(21)18(25,15(22)29-6-2)11-9-27-10-12(13(11)20)19(26,16(23)30-7-3)17(24)31-8-4/h11-12,25-26H,5-10H2,1-4H3. The molecule has 0 aromatic rings. The van der Waals surface area contributed by atoms with E-state index in [1.807, 2.05) is 0 Å². The van der Waals surface area contributed by atoms with Crippen molar-refractivity contribution in [3.05, 3.63) is 0 Å². The minimum absolute atomic E-state index is 0.235. The summed E-state index contributed by atoms with van der Waals surface area (Å²) in [5, 5.41) is 21.8. The summed E-state index contributed by atoms with van der Waals surface area (Å²) >= 11 is 0. The van der Waals surface area contributed by atoms with Crippen LogP contribution in [-0.2, 0) is 47.7 Å². The first-order valence-corrected chi connectivity index (χ1v) is 9.82. The van der Waals surface area contributed by atoms with Crippen LogP contribution in [0, 0.1) is 11.8 Å². The third-order valence-corrected chi connectivity index (χ3v) is 4.61. The summed E-state index contributed by atoms with van der Waals surface area (Å²) in [6, 6.07) is 0. The van der Waals surface area contributed by atoms with E-state index in [1.165, 1.54) is 27.7 Å². The minimum Gasteiger partial charge on any atom is -0.463 e. The average Bonchev–Trinajstić information content (AvgIpc) is 2.73. The summed E-state index contributed by atoms with van der Waals surface area (Å²) in [5.74, 6) is -11.0. The van der Waals surface area contributed by atoms with Crippen LogP contribution < -0.4 is 0 Å². The monoisotopic (exact) mass is 448 g/mol. The first-order valence-electron chi connectivity index (χ1n) is 9.82. The third-order valence-electron chi connectivity index (χ3n) is 4.61. The molecular weight excluding hydrogens is 420 g/mol. The minimum atomic E-state index is -3.13. The molecule has 2 N–H and O–H groups in total. The van der Waals surface area contributed by atoms with Gasteiger partial charge in [-0.1, -0.05) is 0 Å². The lowest BCUT2D eigenvalue weighted by Crippen LogP contribution is -2.66. The van der Waals surface area contributed by atoms with Crippen LogP contribution in [0.2, 0.25) is 0 Å². The van der Waals surface area contributed by atoms with Crippen molar-refractivity contribution in [2.75, 3.05) is 39.6 Å². The zero-order valence-electron chi connectivity index (χ0n) is 17.9. The SMILES string of the molecule is CCOC(=O)C(O)(C(=O)OCC)C1COCC(C(O)(C(=O)OCC)C(=O)OCC)C1=O. The molecule has 0 amide bonds. The molecule has 0 saturated carbocycles. The van der Waals surface area contributed by atoms with Gasteiger partial charge in [-0.25, -0.2) is 19.2 Å². The molecule has 2 unspecified atom stereocenters. The highest BCUT2D eigenvalue weighted by Crippen LogP contribution is 2.35. The Balaban J connectivity index is 3.48. The highest BCUT2D eigenvalue weighted by Gasteiger charge is 2.65. The molecule has 0 spiro atoms. The van der Waals surface area contributed by atoms with Crippen LogP contribution in [0.1, 0.15) is 27.7 Å². The summed E-state index contributed by atoms with van der Waals surface area (Å²) in [6.45, 7) is 3.40. The van der Waals surface area contributed by atoms with Gasteiger partial charge < -0.3 is 33.9 Å². The van der Waals surface area contributed by atoms with Crippen LogP contribution in [-0.4, -0.2) is 90.7 Å². The van der Waals surface area contributed by atoms with Gasteiger partial charge in [-0.3, -0.25) is 4.79 Å². The molecule has 1 saturated heterocycles. The fourth-order valence-corrected chi connectivity index (χ4v) is 3.06. The Kier molecular flexibility index (Phi) is 9.53. The number of aliphatic hydroxyl groups is 2. The molecule has 176 valence electrons. The molecular formula is C19H28O12. The fourth-order valence-electron chi connectivity index (χ4n) is 3.06. The van der Waals surface area contributed by atoms with E-state index in [0.717, 1.165) is 0 Å². The topological polar surface area (TPSA) is 172 Å². The van der Waals surface area contributed by atoms with Crippen molar-refractivity contribution in [3.63, 3.8) is 0 Å². The Morgan fingerprint density at radius 3 is 1.23 bits per heavy atom. The lowest BCUT2D eigenvalue weighted by Gasteiger charge is -2.39. The normalized spacial score (nSPS) is 19.4. The first kappa shape index (κ1) is 26.5. The number of Topliss-reactive ketones (excluding diaryl/α,β-unsaturated/α-hetero) is 1. The summed E-state index contributed by atoms with van der Waals surface area (Å²) in [5.41, 5.74) is -6.27. The van der Waals surface area contributed by atoms with Crippen LogP contribution in [0.15, 0.2) is 0 Å². The lowest BCUT2D eigenvalue weighted by molar-refractivity contribution is -0.208. The number of hydrogen-bond donors (Lipinski definition) is 2. The van der Waals surface area contributed by atoms with Crippen molar-refractivity contribution in [1.82, 2.24) is 0 Å². The molecule has 12 nitrogen and oxygen atoms in total. The van der Waals surface area contributed by atoms with E-state index in [1.54, 1.807) is 0 Å². The maximum absolute atomic E-state index is 13.2. The summed E-state index contributed by atoms with van der Waals surface area (Å²) < 4.78 is 24.1. The summed E-state index contributed by atoms with van der Waals surface area (Å²) in [6.07, 6.45) is 0. The third kappa shape index (κ3) is 5.02. The summed E-state index contributed by atoms with van der Waals surface area (Å²) in [7, 11) is 0. The second-order valence-electron chi connectivity index (χ2n) is 6.46. The van der Waals surface area contributed by atoms with Crippen LogP contribution in [0.5, 0.6) is 0 Å². The Morgan fingerprint density at radius 2 is 1.00 bits per heavy atom. The second kappa shape index (κ2) is 11.2. The van der Waals surface area contributed by atoms with Gasteiger partial charge in [0.05, 0.1) is 51.5 Å². The number of esters is 4. The van der Waals surface area contributed by atoms with Gasteiger partial charge in [0.1, 0.15) is 0 Å². The highest BCUT2D eigenvalue weighted by atomic mass is 16.6. The van der Waals surface area contributed by atoms with E-state index in [0.29, 0.717) is 0 Å². The van der Waals surface area contributed by atoms with Crippen LogP contribution in [0.4, 0.5) is 0 Å². The molecule has 0 aromatic carbocycles. The first-order chi connectivity index (χ1) is 14.6. The molecule has 0 aromatic heterocycles. The fraction of sp³-hybridized carbons (Fsp3) is 0.737. The zero-order valence-corrected chi connectivity index (χ0v) is 17.9. The van der Waals surface area contributed by atoms with Crippen molar-refractivity contribution in [2.45, 2.75) is 38.9 Å². The Labute approximate surface area is 178 Å². The number of hydrogen-bond acceptors (Lipinski definition) is 12. The van der Waals surface area contributed by atoms with Crippen LogP contribution >= 0.6 is 0 Å². The largest absolute Gasteiger partial charge is 0.463 e. The van der Waals surface area contributed by atoms with Gasteiger partial charge in [-0.2, -0.15) is 0 Å².